The molecule has 0 N–H and O–H groups in total. The van der Waals surface area contributed by atoms with E-state index in [1.807, 2.05) is 0 Å². The SMILES string of the molecule is C=Nc1cnn2ccoc12. The monoisotopic (exact) mass is 135 g/mol. The summed E-state index contributed by atoms with van der Waals surface area (Å²) in [5.41, 5.74) is 1.31. The van der Waals surface area contributed by atoms with Crippen LogP contribution in [0.15, 0.2) is 28.1 Å². The molecule has 0 saturated heterocycles. The van der Waals surface area contributed by atoms with Crippen molar-refractivity contribution in [3.05, 3.63) is 18.7 Å². The van der Waals surface area contributed by atoms with E-state index in [0.29, 0.717) is 11.4 Å². The molecule has 0 aliphatic heterocycles. The predicted molar refractivity (Wildman–Crippen MR) is 36.7 cm³/mol. The normalized spacial score (nSPS) is 10.4. The van der Waals surface area contributed by atoms with Crippen molar-refractivity contribution in [2.24, 2.45) is 4.99 Å². The van der Waals surface area contributed by atoms with Crippen molar-refractivity contribution in [3.8, 4) is 0 Å². The van der Waals surface area contributed by atoms with E-state index in [0.717, 1.165) is 0 Å². The smallest absolute Gasteiger partial charge is 0.247 e. The minimum atomic E-state index is 0.634. The van der Waals surface area contributed by atoms with Crippen LogP contribution in [0.1, 0.15) is 0 Å². The maximum Gasteiger partial charge on any atom is 0.247 e. The summed E-state index contributed by atoms with van der Waals surface area (Å²) in [5.74, 6) is 0. The van der Waals surface area contributed by atoms with Crippen LogP contribution in [0, 0.1) is 0 Å². The molecule has 2 heterocycles. The van der Waals surface area contributed by atoms with Crippen LogP contribution in [0.25, 0.3) is 5.71 Å². The van der Waals surface area contributed by atoms with Gasteiger partial charge in [0.2, 0.25) is 5.71 Å². The Morgan fingerprint density at radius 1 is 1.70 bits per heavy atom. The Balaban J connectivity index is 2.88. The van der Waals surface area contributed by atoms with Crippen molar-refractivity contribution in [2.45, 2.75) is 0 Å². The van der Waals surface area contributed by atoms with Crippen LogP contribution in [-0.2, 0) is 0 Å². The fourth-order valence-corrected chi connectivity index (χ4v) is 0.823. The molecule has 0 saturated carbocycles. The van der Waals surface area contributed by atoms with Gasteiger partial charge in [0.15, 0.2) is 0 Å². The highest BCUT2D eigenvalue weighted by Crippen LogP contribution is 2.18. The lowest BCUT2D eigenvalue weighted by atomic mass is 10.6. The van der Waals surface area contributed by atoms with E-state index in [2.05, 4.69) is 16.8 Å². The maximum atomic E-state index is 5.05. The summed E-state index contributed by atoms with van der Waals surface area (Å²) in [6.07, 6.45) is 4.87. The summed E-state index contributed by atoms with van der Waals surface area (Å²) < 4.78 is 6.65. The van der Waals surface area contributed by atoms with Gasteiger partial charge >= 0.3 is 0 Å². The number of oxazole rings is 1. The molecular formula is C6H5N3O. The molecule has 0 amide bonds. The third kappa shape index (κ3) is 0.500. The van der Waals surface area contributed by atoms with Gasteiger partial charge in [-0.15, -0.1) is 0 Å². The zero-order valence-electron chi connectivity index (χ0n) is 5.19. The Bertz CT molecular complexity index is 360. The van der Waals surface area contributed by atoms with Gasteiger partial charge in [0.1, 0.15) is 12.0 Å². The first-order chi connectivity index (χ1) is 4.92. The number of aromatic nitrogens is 2. The number of hydrogen-bond donors (Lipinski definition) is 0. The largest absolute Gasteiger partial charge is 0.443 e. The molecule has 10 heavy (non-hydrogen) atoms. The van der Waals surface area contributed by atoms with Crippen LogP contribution >= 0.6 is 0 Å². The first-order valence-electron chi connectivity index (χ1n) is 2.79. The van der Waals surface area contributed by atoms with Crippen molar-refractivity contribution in [2.75, 3.05) is 0 Å². The van der Waals surface area contributed by atoms with Gasteiger partial charge in [0, 0.05) is 0 Å². The van der Waals surface area contributed by atoms with Crippen molar-refractivity contribution >= 4 is 18.1 Å². The van der Waals surface area contributed by atoms with E-state index >= 15 is 0 Å². The highest BCUT2D eigenvalue weighted by molar-refractivity contribution is 5.62. The average molecular weight is 135 g/mol. The molecule has 0 aliphatic carbocycles. The second-order valence-electron chi connectivity index (χ2n) is 1.84. The van der Waals surface area contributed by atoms with Gasteiger partial charge in [-0.2, -0.15) is 5.10 Å². The highest BCUT2D eigenvalue weighted by atomic mass is 16.3. The van der Waals surface area contributed by atoms with Gasteiger partial charge in [-0.05, 0) is 6.72 Å². The maximum absolute atomic E-state index is 5.05. The standard InChI is InChI=1S/C6H5N3O/c1-7-5-4-8-9-2-3-10-6(5)9/h2-4H,1H2. The fourth-order valence-electron chi connectivity index (χ4n) is 0.823. The Hall–Kier alpha value is -1.58. The van der Waals surface area contributed by atoms with E-state index in [1.54, 1.807) is 23.2 Å². The Morgan fingerprint density at radius 2 is 2.60 bits per heavy atom. The lowest BCUT2D eigenvalue weighted by Crippen LogP contribution is -1.74. The van der Waals surface area contributed by atoms with E-state index in [9.17, 15) is 0 Å². The first kappa shape index (κ1) is 5.22. The molecule has 0 aromatic carbocycles. The minimum Gasteiger partial charge on any atom is -0.443 e. The van der Waals surface area contributed by atoms with E-state index in [4.69, 9.17) is 4.42 Å². The number of aliphatic imine (C=N–C) groups is 1. The van der Waals surface area contributed by atoms with Gasteiger partial charge in [0.25, 0.3) is 0 Å². The number of rotatable bonds is 1. The third-order valence-electron chi connectivity index (χ3n) is 1.28. The van der Waals surface area contributed by atoms with Crippen molar-refractivity contribution < 1.29 is 4.42 Å². The molecule has 0 unspecified atom stereocenters. The van der Waals surface area contributed by atoms with E-state index in [1.165, 1.54) is 0 Å². The molecule has 0 aliphatic rings. The molecule has 0 atom stereocenters. The van der Waals surface area contributed by atoms with Crippen molar-refractivity contribution in [1.82, 2.24) is 9.61 Å². The zero-order valence-corrected chi connectivity index (χ0v) is 5.19. The fraction of sp³-hybridized carbons (Fsp3) is 0. The van der Waals surface area contributed by atoms with Crippen LogP contribution in [0.3, 0.4) is 0 Å². The van der Waals surface area contributed by atoms with E-state index < -0.39 is 0 Å². The molecule has 50 valence electrons. The summed E-state index contributed by atoms with van der Waals surface area (Å²) in [6, 6.07) is 0. The molecule has 0 fully saturated rings. The average Bonchev–Trinajstić information content (AvgIpc) is 2.44. The summed E-state index contributed by atoms with van der Waals surface area (Å²) in [4.78, 5) is 3.70. The summed E-state index contributed by atoms with van der Waals surface area (Å²) >= 11 is 0. The molecule has 2 aromatic rings. The molecular weight excluding hydrogens is 130 g/mol. The van der Waals surface area contributed by atoms with Crippen molar-refractivity contribution in [3.63, 3.8) is 0 Å². The quantitative estimate of drug-likeness (QED) is 0.552. The lowest BCUT2D eigenvalue weighted by molar-refractivity contribution is 0.607. The minimum absolute atomic E-state index is 0.634. The Kier molecular flexibility index (Phi) is 0.887. The van der Waals surface area contributed by atoms with Crippen LogP contribution in [0.5, 0.6) is 0 Å². The number of fused-ring (bicyclic) bond motifs is 1. The molecule has 4 nitrogen and oxygen atoms in total. The lowest BCUT2D eigenvalue weighted by Gasteiger charge is -1.78. The Labute approximate surface area is 56.8 Å². The number of nitrogens with zero attached hydrogens (tertiary/aromatic N) is 3. The second-order valence-corrected chi connectivity index (χ2v) is 1.84. The third-order valence-corrected chi connectivity index (χ3v) is 1.28. The van der Waals surface area contributed by atoms with Gasteiger partial charge < -0.3 is 4.42 Å². The van der Waals surface area contributed by atoms with E-state index in [-0.39, 0.29) is 0 Å². The Morgan fingerprint density at radius 3 is 3.40 bits per heavy atom. The number of hydrogen-bond acceptors (Lipinski definition) is 3. The van der Waals surface area contributed by atoms with Gasteiger partial charge in [0.05, 0.1) is 12.4 Å². The molecule has 2 aromatic heterocycles. The molecule has 0 radical (unpaired) electrons. The van der Waals surface area contributed by atoms with Crippen LogP contribution in [0.4, 0.5) is 5.69 Å². The van der Waals surface area contributed by atoms with Crippen molar-refractivity contribution in [1.29, 1.82) is 0 Å². The van der Waals surface area contributed by atoms with Gasteiger partial charge in [-0.25, -0.2) is 4.52 Å². The van der Waals surface area contributed by atoms with Crippen LogP contribution in [0.2, 0.25) is 0 Å². The van der Waals surface area contributed by atoms with Gasteiger partial charge in [-0.3, -0.25) is 4.99 Å². The molecule has 0 bridgehead atoms. The molecule has 0 spiro atoms. The summed E-state index contributed by atoms with van der Waals surface area (Å²) in [5, 5.41) is 3.94. The predicted octanol–water partition coefficient (Wildman–Crippen LogP) is 1.26. The second kappa shape index (κ2) is 1.70. The van der Waals surface area contributed by atoms with Crippen LogP contribution < -0.4 is 0 Å². The van der Waals surface area contributed by atoms with Gasteiger partial charge in [-0.1, -0.05) is 0 Å². The highest BCUT2D eigenvalue weighted by Gasteiger charge is 2.02. The zero-order chi connectivity index (χ0) is 6.97. The molecule has 4 heteroatoms. The summed E-state index contributed by atoms with van der Waals surface area (Å²) in [7, 11) is 0. The summed E-state index contributed by atoms with van der Waals surface area (Å²) in [6.45, 7) is 3.37. The first-order valence-corrected chi connectivity index (χ1v) is 2.79. The topological polar surface area (TPSA) is 42.8 Å². The molecule has 2 rings (SSSR count). The van der Waals surface area contributed by atoms with Crippen LogP contribution in [-0.4, -0.2) is 16.3 Å².